The van der Waals surface area contributed by atoms with Crippen molar-refractivity contribution >= 4 is 20.9 Å². The zero-order chi connectivity index (χ0) is 35.4. The number of rotatable bonds is 12. The van der Waals surface area contributed by atoms with Crippen LogP contribution in [0.3, 0.4) is 0 Å². The number of hydrogen-bond donors (Lipinski definition) is 1. The van der Waals surface area contributed by atoms with Crippen LogP contribution in [0.1, 0.15) is 33.4 Å². The van der Waals surface area contributed by atoms with E-state index in [0.717, 1.165) is 27.8 Å². The van der Waals surface area contributed by atoms with Crippen LogP contribution in [-0.2, 0) is 54.6 Å². The van der Waals surface area contributed by atoms with Crippen molar-refractivity contribution in [1.29, 1.82) is 0 Å². The van der Waals surface area contributed by atoms with Gasteiger partial charge in [0, 0.05) is 17.1 Å². The number of fused-ring (bicyclic) bond motifs is 1. The molecule has 0 saturated carbocycles. The molecule has 0 bridgehead atoms. The molecule has 8 nitrogen and oxygen atoms in total. The average Bonchev–Trinajstić information content (AvgIpc) is 3.57. The second-order valence-electron chi connectivity index (χ2n) is 12.9. The number of aryl methyl sites for hydroxylation is 2. The first kappa shape index (κ1) is 34.8. The number of ether oxygens (including phenoxy) is 4. The normalized spacial score (nSPS) is 20.8. The Hall–Kier alpha value is -4.61. The highest BCUT2D eigenvalue weighted by atomic mass is 32.2. The Morgan fingerprint density at radius 1 is 0.706 bits per heavy atom. The van der Waals surface area contributed by atoms with Crippen LogP contribution in [0.25, 0.3) is 10.9 Å². The second-order valence-corrected chi connectivity index (χ2v) is 14.8. The molecule has 1 aliphatic rings. The van der Waals surface area contributed by atoms with Crippen LogP contribution in [-0.4, -0.2) is 42.4 Å². The van der Waals surface area contributed by atoms with Gasteiger partial charge in [0.15, 0.2) is 0 Å². The third-order valence-corrected chi connectivity index (χ3v) is 11.0. The van der Waals surface area contributed by atoms with Crippen molar-refractivity contribution in [3.05, 3.63) is 173 Å². The maximum Gasteiger partial charge on any atom is 0.268 e. The van der Waals surface area contributed by atoms with Crippen LogP contribution in [0.4, 0.5) is 0 Å². The molecule has 1 unspecified atom stereocenters. The topological polar surface area (TPSA) is 96.2 Å². The van der Waals surface area contributed by atoms with E-state index in [-0.39, 0.29) is 36.9 Å². The molecule has 5 aromatic carbocycles. The molecule has 6 aromatic rings. The lowest BCUT2D eigenvalue weighted by molar-refractivity contribution is -0.351. The summed E-state index contributed by atoms with van der Waals surface area (Å²) in [4.78, 5) is 0.131. The molecule has 51 heavy (non-hydrogen) atoms. The molecule has 2 heterocycles. The quantitative estimate of drug-likeness (QED) is 0.142. The molecular formula is C42H41NO7S. The van der Waals surface area contributed by atoms with Gasteiger partial charge >= 0.3 is 0 Å². The largest absolute Gasteiger partial charge is 0.368 e. The third-order valence-electron chi connectivity index (χ3n) is 9.34. The molecule has 0 aliphatic carbocycles. The van der Waals surface area contributed by atoms with E-state index < -0.39 is 34.1 Å². The van der Waals surface area contributed by atoms with E-state index in [1.54, 1.807) is 30.3 Å². The van der Waals surface area contributed by atoms with Gasteiger partial charge in [-0.3, -0.25) is 0 Å². The van der Waals surface area contributed by atoms with E-state index in [1.165, 1.54) is 10.2 Å². The van der Waals surface area contributed by atoms with Crippen molar-refractivity contribution in [3.8, 4) is 0 Å². The van der Waals surface area contributed by atoms with Gasteiger partial charge in [0.05, 0.1) is 36.8 Å². The Kier molecular flexibility index (Phi) is 10.2. The smallest absolute Gasteiger partial charge is 0.268 e. The van der Waals surface area contributed by atoms with Crippen molar-refractivity contribution in [3.63, 3.8) is 0 Å². The van der Waals surface area contributed by atoms with Crippen molar-refractivity contribution < 1.29 is 32.5 Å². The van der Waals surface area contributed by atoms with E-state index in [1.807, 2.05) is 117 Å². The molecule has 0 amide bonds. The standard InChI is InChI=1S/C42H41NO7S/c1-30-21-23-35(24-22-30)51(45,46)43-25-37(36-20-12-13-31(2)39(36)43)42(44)41(49-28-34-18-10-5-11-19-34)40(48-27-33-16-8-4-9-17-33)38(29-50-42)47-26-32-14-6-3-7-15-32/h3-25,38,40-41,44H,26-29H2,1-2H3/t38-,40+,41-,42?/m1/s1. The number of nitrogens with zero attached hydrogens (tertiary/aromatic N) is 1. The summed E-state index contributed by atoms with van der Waals surface area (Å²) < 4.78 is 56.0. The lowest BCUT2D eigenvalue weighted by Gasteiger charge is -2.46. The lowest BCUT2D eigenvalue weighted by atomic mass is 9.89. The summed E-state index contributed by atoms with van der Waals surface area (Å²) in [5.74, 6) is -2.14. The van der Waals surface area contributed by atoms with Crippen LogP contribution < -0.4 is 0 Å². The SMILES string of the molecule is Cc1ccc(S(=O)(=O)n2cc(C3(O)OC[C@@H](OCc4ccccc4)[C@H](OCc4ccccc4)[C@H]3OCc3ccccc3)c3cccc(C)c32)cc1. The second kappa shape index (κ2) is 14.9. The Morgan fingerprint density at radius 3 is 1.84 bits per heavy atom. The highest BCUT2D eigenvalue weighted by Crippen LogP contribution is 2.43. The van der Waals surface area contributed by atoms with E-state index in [2.05, 4.69) is 0 Å². The highest BCUT2D eigenvalue weighted by molar-refractivity contribution is 7.90. The van der Waals surface area contributed by atoms with Gasteiger partial charge in [-0.1, -0.05) is 127 Å². The van der Waals surface area contributed by atoms with Crippen LogP contribution in [0, 0.1) is 13.8 Å². The molecule has 7 rings (SSSR count). The first-order chi connectivity index (χ1) is 24.7. The van der Waals surface area contributed by atoms with Gasteiger partial charge in [-0.15, -0.1) is 0 Å². The third kappa shape index (κ3) is 7.27. The molecule has 1 saturated heterocycles. The van der Waals surface area contributed by atoms with E-state index in [9.17, 15) is 13.5 Å². The summed E-state index contributed by atoms with van der Waals surface area (Å²) in [5.41, 5.74) is 5.15. The summed E-state index contributed by atoms with van der Waals surface area (Å²) in [6, 6.07) is 41.4. The summed E-state index contributed by atoms with van der Waals surface area (Å²) in [6.07, 6.45) is -1.14. The van der Waals surface area contributed by atoms with Gasteiger partial charge in [-0.2, -0.15) is 0 Å². The van der Waals surface area contributed by atoms with E-state index >= 15 is 0 Å². The van der Waals surface area contributed by atoms with Crippen molar-refractivity contribution in [1.82, 2.24) is 3.97 Å². The zero-order valence-electron chi connectivity index (χ0n) is 28.6. The predicted octanol–water partition coefficient (Wildman–Crippen LogP) is 7.43. The van der Waals surface area contributed by atoms with Crippen molar-refractivity contribution in [2.45, 2.75) is 62.7 Å². The molecule has 9 heteroatoms. The Morgan fingerprint density at radius 2 is 1.25 bits per heavy atom. The van der Waals surface area contributed by atoms with Gasteiger partial charge in [0.25, 0.3) is 10.0 Å². The van der Waals surface area contributed by atoms with Gasteiger partial charge in [-0.05, 0) is 48.2 Å². The van der Waals surface area contributed by atoms with Crippen LogP contribution >= 0.6 is 0 Å². The summed E-state index contributed by atoms with van der Waals surface area (Å²) in [5, 5.41) is 13.5. The Balaban J connectivity index is 1.34. The van der Waals surface area contributed by atoms with Gasteiger partial charge < -0.3 is 24.1 Å². The molecule has 1 aliphatic heterocycles. The van der Waals surface area contributed by atoms with E-state index in [0.29, 0.717) is 10.9 Å². The van der Waals surface area contributed by atoms with Crippen LogP contribution in [0.5, 0.6) is 0 Å². The first-order valence-corrected chi connectivity index (χ1v) is 18.4. The predicted molar refractivity (Wildman–Crippen MR) is 195 cm³/mol. The minimum Gasteiger partial charge on any atom is -0.368 e. The fourth-order valence-electron chi connectivity index (χ4n) is 6.60. The molecule has 4 atom stereocenters. The fourth-order valence-corrected chi connectivity index (χ4v) is 8.04. The van der Waals surface area contributed by atoms with Crippen LogP contribution in [0.15, 0.2) is 145 Å². The van der Waals surface area contributed by atoms with Crippen molar-refractivity contribution in [2.24, 2.45) is 0 Å². The molecule has 1 aromatic heterocycles. The number of aromatic nitrogens is 1. The maximum absolute atomic E-state index is 14.3. The molecular weight excluding hydrogens is 663 g/mol. The van der Waals surface area contributed by atoms with Gasteiger partial charge in [0.1, 0.15) is 18.3 Å². The lowest BCUT2D eigenvalue weighted by Crippen LogP contribution is -2.61. The van der Waals surface area contributed by atoms with Crippen LogP contribution in [0.2, 0.25) is 0 Å². The average molecular weight is 704 g/mol. The minimum atomic E-state index is -4.08. The summed E-state index contributed by atoms with van der Waals surface area (Å²) in [7, 11) is -4.08. The number of benzene rings is 5. The number of hydrogen-bond acceptors (Lipinski definition) is 7. The zero-order valence-corrected chi connectivity index (χ0v) is 29.4. The maximum atomic E-state index is 14.3. The summed E-state index contributed by atoms with van der Waals surface area (Å²) >= 11 is 0. The Labute approximate surface area is 298 Å². The van der Waals surface area contributed by atoms with E-state index in [4.69, 9.17) is 18.9 Å². The van der Waals surface area contributed by atoms with Gasteiger partial charge in [0.2, 0.25) is 5.79 Å². The fraction of sp³-hybridized carbons (Fsp3) is 0.238. The molecule has 1 fully saturated rings. The number of aliphatic hydroxyl groups is 1. The van der Waals surface area contributed by atoms with Crippen molar-refractivity contribution in [2.75, 3.05) is 6.61 Å². The first-order valence-electron chi connectivity index (χ1n) is 17.0. The molecule has 262 valence electrons. The molecule has 0 spiro atoms. The van der Waals surface area contributed by atoms with Gasteiger partial charge in [-0.25, -0.2) is 12.4 Å². The summed E-state index contributed by atoms with van der Waals surface area (Å²) in [6.45, 7) is 4.35. The highest BCUT2D eigenvalue weighted by Gasteiger charge is 2.55. The molecule has 1 N–H and O–H groups in total. The monoisotopic (exact) mass is 703 g/mol. The number of para-hydroxylation sites is 1. The minimum absolute atomic E-state index is 0.0445. The molecule has 0 radical (unpaired) electrons. The Bertz CT molecular complexity index is 2170.